The van der Waals surface area contributed by atoms with Crippen LogP contribution in [0, 0.1) is 61.3 Å². The van der Waals surface area contributed by atoms with Crippen molar-refractivity contribution in [1.82, 2.24) is 40.9 Å². The fraction of sp³-hybridized carbons (Fsp3) is 0.625. The van der Waals surface area contributed by atoms with Crippen LogP contribution in [-0.4, -0.2) is 167 Å². The predicted octanol–water partition coefficient (Wildman–Crippen LogP) is -3.27. The van der Waals surface area contributed by atoms with Crippen LogP contribution in [0.2, 0.25) is 0 Å². The third kappa shape index (κ3) is 41.4. The van der Waals surface area contributed by atoms with Crippen LogP contribution in [0.15, 0.2) is 48.5 Å². The smallest absolute Gasteiger partial charge is 0.412 e. The topological polar surface area (TPSA) is 452 Å². The standard InChI is InChI=1S/C32H52N8.4NO3.4H2O.2Zn/c1-3-29-23-30(4-1)26-38-16-12-34-8-10-36-14-18-40(22-20-38)28-32-6-2-5-31(24-32)27-39-17-13-35-9-7-33-11-15-37(25-29)19-21-39;4*2-1(3)4;;;;;;/h1-6,23-24,33-36H,7-22,25-28H2;;;;;4*1H2;;/q;4*-1;;;;;2*+2. The molecular formula is C32H60N12O16Zn2. The molecule has 28 nitrogen and oxygen atoms in total. The molecule has 12 N–H and O–H groups in total. The molecule has 2 aromatic carbocycles. The van der Waals surface area contributed by atoms with Gasteiger partial charge in [0.15, 0.2) is 0 Å². The number of nitrogens with zero attached hydrogens (tertiary/aromatic N) is 8. The normalized spacial score (nSPS) is 20.0. The van der Waals surface area contributed by atoms with E-state index in [0.29, 0.717) is 0 Å². The van der Waals surface area contributed by atoms with Crippen LogP contribution in [-0.2, 0) is 65.1 Å². The monoisotopic (exact) mass is 996 g/mol. The molecule has 348 valence electrons. The first-order valence-corrected chi connectivity index (χ1v) is 17.9. The molecule has 0 spiro atoms. The van der Waals surface area contributed by atoms with E-state index in [4.69, 9.17) is 61.3 Å². The minimum atomic E-state index is -1.75. The summed E-state index contributed by atoms with van der Waals surface area (Å²) in [6.45, 7) is 21.0. The second-order valence-electron chi connectivity index (χ2n) is 12.6. The molecule has 4 atom stereocenters. The van der Waals surface area contributed by atoms with E-state index in [-0.39, 0.29) is 60.9 Å². The summed E-state index contributed by atoms with van der Waals surface area (Å²) in [5, 5.41) is 73.5. The summed E-state index contributed by atoms with van der Waals surface area (Å²) in [6.07, 6.45) is 0. The van der Waals surface area contributed by atoms with Crippen molar-refractivity contribution in [3.63, 3.8) is 0 Å². The largest absolute Gasteiger partial charge is 2.00 e. The van der Waals surface area contributed by atoms with Crippen LogP contribution < -0.4 is 21.3 Å². The SMILES string of the molecule is O.O.O.O.O=[N+]([O-])[O-].O=[N+]([O-])[O-].O=[N+]([O-])[O-].O=[N+]([O-])[O-].[Zn+2].[Zn+2].c1cc2cc(c1)CN1CCNCCNCCN(CC1)Cc1cccc(c1)CN1CCNCCNCCN(CC1)C2. The molecule has 2 aromatic rings. The summed E-state index contributed by atoms with van der Waals surface area (Å²) < 4.78 is 0. The first-order chi connectivity index (χ1) is 26.7. The molecule has 0 amide bonds. The van der Waals surface area contributed by atoms with E-state index in [1.54, 1.807) is 0 Å². The number of benzene rings is 2. The Labute approximate surface area is 383 Å². The molecule has 4 unspecified atom stereocenters. The van der Waals surface area contributed by atoms with Crippen LogP contribution in [0.3, 0.4) is 0 Å². The van der Waals surface area contributed by atoms with Crippen LogP contribution in [0.25, 0.3) is 0 Å². The van der Waals surface area contributed by atoms with Crippen LogP contribution >= 0.6 is 0 Å². The maximum absolute atomic E-state index is 8.25. The van der Waals surface area contributed by atoms with Gasteiger partial charge in [0.05, 0.1) is 20.3 Å². The Morgan fingerprint density at radius 1 is 0.355 bits per heavy atom. The summed E-state index contributed by atoms with van der Waals surface area (Å²) in [5.74, 6) is 0. The maximum atomic E-state index is 8.25. The van der Waals surface area contributed by atoms with E-state index < -0.39 is 20.3 Å². The van der Waals surface area contributed by atoms with Crippen LogP contribution in [0.5, 0.6) is 0 Å². The van der Waals surface area contributed by atoms with Gasteiger partial charge in [0, 0.05) is 131 Å². The van der Waals surface area contributed by atoms with Gasteiger partial charge in [0.1, 0.15) is 0 Å². The van der Waals surface area contributed by atoms with E-state index in [1.807, 2.05) is 0 Å². The number of hydrogen-bond acceptors (Lipinski definition) is 20. The number of hydrogen-bond donors (Lipinski definition) is 4. The Bertz CT molecular complexity index is 1220. The van der Waals surface area contributed by atoms with Crippen molar-refractivity contribution >= 4 is 0 Å². The Kier molecular flexibility index (Phi) is 49.1. The molecule has 0 aromatic heterocycles. The van der Waals surface area contributed by atoms with Crippen molar-refractivity contribution in [2.75, 3.05) is 105 Å². The molecule has 0 radical (unpaired) electrons. The van der Waals surface area contributed by atoms with Gasteiger partial charge in [-0.2, -0.15) is 0 Å². The van der Waals surface area contributed by atoms with Crippen molar-refractivity contribution < 1.29 is 81.2 Å². The summed E-state index contributed by atoms with van der Waals surface area (Å²) in [4.78, 5) is 43.6. The Morgan fingerprint density at radius 2 is 0.532 bits per heavy atom. The summed E-state index contributed by atoms with van der Waals surface area (Å²) in [6, 6.07) is 18.8. The third-order valence-corrected chi connectivity index (χ3v) is 8.45. The molecule has 2 fully saturated rings. The molecule has 2 saturated heterocycles. The molecule has 30 heteroatoms. The van der Waals surface area contributed by atoms with Gasteiger partial charge in [-0.05, 0) is 22.3 Å². The Morgan fingerprint density at radius 3 is 0.710 bits per heavy atom. The third-order valence-electron chi connectivity index (χ3n) is 8.45. The molecule has 3 aliphatic heterocycles. The van der Waals surface area contributed by atoms with Crippen molar-refractivity contribution in [2.24, 2.45) is 0 Å². The quantitative estimate of drug-likeness (QED) is 0.114. The minimum absolute atomic E-state index is 0. The van der Waals surface area contributed by atoms with Gasteiger partial charge in [-0.25, -0.2) is 0 Å². The second-order valence-corrected chi connectivity index (χ2v) is 12.6. The zero-order chi connectivity index (χ0) is 41.6. The summed E-state index contributed by atoms with van der Waals surface area (Å²) in [7, 11) is 0. The van der Waals surface area contributed by atoms with Crippen LogP contribution in [0.1, 0.15) is 22.3 Å². The second kappa shape index (κ2) is 43.6. The fourth-order valence-electron chi connectivity index (χ4n) is 6.13. The van der Waals surface area contributed by atoms with E-state index in [1.165, 1.54) is 22.3 Å². The molecule has 0 aliphatic carbocycles. The molecule has 3 aliphatic rings. The van der Waals surface area contributed by atoms with Gasteiger partial charge in [0.2, 0.25) is 0 Å². The van der Waals surface area contributed by atoms with E-state index in [9.17, 15) is 0 Å². The van der Waals surface area contributed by atoms with Crippen molar-refractivity contribution in [1.29, 1.82) is 0 Å². The number of rotatable bonds is 0. The summed E-state index contributed by atoms with van der Waals surface area (Å²) in [5.41, 5.74) is 5.75. The van der Waals surface area contributed by atoms with E-state index in [2.05, 4.69) is 89.4 Å². The first-order valence-electron chi connectivity index (χ1n) is 17.9. The van der Waals surface area contributed by atoms with Crippen LogP contribution in [0.4, 0.5) is 0 Å². The van der Waals surface area contributed by atoms with Gasteiger partial charge < -0.3 is 104 Å². The van der Waals surface area contributed by atoms with Gasteiger partial charge in [-0.3, -0.25) is 19.6 Å². The maximum Gasteiger partial charge on any atom is 2.00 e. The fourth-order valence-corrected chi connectivity index (χ4v) is 6.13. The predicted molar refractivity (Wildman–Crippen MR) is 221 cm³/mol. The Hall–Kier alpha value is -3.99. The molecule has 62 heavy (non-hydrogen) atoms. The van der Waals surface area contributed by atoms with Crippen molar-refractivity contribution in [3.05, 3.63) is 132 Å². The molecular weight excluding hydrogens is 939 g/mol. The zero-order valence-electron chi connectivity index (χ0n) is 34.7. The van der Waals surface area contributed by atoms with Gasteiger partial charge in [-0.15, -0.1) is 0 Å². The average Bonchev–Trinajstić information content (AvgIpc) is 3.08. The van der Waals surface area contributed by atoms with Gasteiger partial charge >= 0.3 is 39.0 Å². The molecule has 3 heterocycles. The average molecular weight is 1000 g/mol. The molecule has 8 bridgehead atoms. The number of fused-ring (bicyclic) bond motifs is 10. The minimum Gasteiger partial charge on any atom is -0.412 e. The van der Waals surface area contributed by atoms with Crippen molar-refractivity contribution in [3.8, 4) is 0 Å². The number of nitrogens with one attached hydrogen (secondary N) is 4. The molecule has 0 saturated carbocycles. The first kappa shape index (κ1) is 69.7. The van der Waals surface area contributed by atoms with Gasteiger partial charge in [0.25, 0.3) is 0 Å². The summed E-state index contributed by atoms with van der Waals surface area (Å²) >= 11 is 0. The molecule has 5 rings (SSSR count). The van der Waals surface area contributed by atoms with E-state index >= 15 is 0 Å². The zero-order valence-corrected chi connectivity index (χ0v) is 40.6. The van der Waals surface area contributed by atoms with Crippen molar-refractivity contribution in [2.45, 2.75) is 26.2 Å². The van der Waals surface area contributed by atoms with E-state index in [0.717, 1.165) is 131 Å². The van der Waals surface area contributed by atoms with Gasteiger partial charge in [-0.1, -0.05) is 48.5 Å². The Balaban J connectivity index is -0.000000309.